The lowest BCUT2D eigenvalue weighted by atomic mass is 9.99. The van der Waals surface area contributed by atoms with E-state index in [2.05, 4.69) is 10.1 Å². The third kappa shape index (κ3) is 4.79. The van der Waals surface area contributed by atoms with Gasteiger partial charge >= 0.3 is 0 Å². The number of pyridine rings is 1. The van der Waals surface area contributed by atoms with E-state index in [-0.39, 0.29) is 29.6 Å². The lowest BCUT2D eigenvalue weighted by Gasteiger charge is -2.24. The number of ether oxygens (including phenoxy) is 1. The molecule has 6 nitrogen and oxygen atoms in total. The number of anilines is 1. The summed E-state index contributed by atoms with van der Waals surface area (Å²) in [6.45, 7) is 3.08. The molecule has 2 aromatic heterocycles. The fourth-order valence-corrected chi connectivity index (χ4v) is 2.99. The Kier molecular flexibility index (Phi) is 5.97. The standard InChI is InChI=1S/C20H23F3N4O2/c1-12(2)10-16(28)20(22,23)7-9-29-15-5-3-4-14(18(15)21)13-6-8-27-17(11-13)25-19(24)26-27/h3-6,8,11-12,16,28H,7,9-10H2,1-2H3,(H2,24,26)/t16-/m0/s1. The third-order valence-electron chi connectivity index (χ3n) is 4.50. The highest BCUT2D eigenvalue weighted by molar-refractivity contribution is 5.69. The monoisotopic (exact) mass is 408 g/mol. The first kappa shape index (κ1) is 20.9. The van der Waals surface area contributed by atoms with Gasteiger partial charge in [-0.3, -0.25) is 0 Å². The van der Waals surface area contributed by atoms with E-state index in [0.29, 0.717) is 11.2 Å². The molecule has 0 fully saturated rings. The first-order valence-corrected chi connectivity index (χ1v) is 9.27. The third-order valence-corrected chi connectivity index (χ3v) is 4.50. The van der Waals surface area contributed by atoms with Gasteiger partial charge < -0.3 is 15.6 Å². The van der Waals surface area contributed by atoms with Gasteiger partial charge in [0.15, 0.2) is 17.2 Å². The average molecular weight is 408 g/mol. The first-order valence-electron chi connectivity index (χ1n) is 9.27. The van der Waals surface area contributed by atoms with E-state index < -0.39 is 30.9 Å². The molecule has 0 radical (unpaired) electrons. The van der Waals surface area contributed by atoms with Crippen LogP contribution in [0.25, 0.3) is 16.8 Å². The lowest BCUT2D eigenvalue weighted by Crippen LogP contribution is -2.36. The highest BCUT2D eigenvalue weighted by atomic mass is 19.3. The Labute approximate surface area is 166 Å². The number of nitrogens with zero attached hydrogens (tertiary/aromatic N) is 3. The summed E-state index contributed by atoms with van der Waals surface area (Å²) in [5.74, 6) is -4.09. The van der Waals surface area contributed by atoms with Crippen molar-refractivity contribution in [2.45, 2.75) is 38.7 Å². The molecule has 3 aromatic rings. The number of hydrogen-bond donors (Lipinski definition) is 2. The molecule has 0 saturated heterocycles. The summed E-state index contributed by atoms with van der Waals surface area (Å²) >= 11 is 0. The highest BCUT2D eigenvalue weighted by Gasteiger charge is 2.38. The van der Waals surface area contributed by atoms with Crippen LogP contribution in [0.15, 0.2) is 36.5 Å². The van der Waals surface area contributed by atoms with Crippen molar-refractivity contribution in [3.63, 3.8) is 0 Å². The van der Waals surface area contributed by atoms with Crippen LogP contribution in [0.2, 0.25) is 0 Å². The van der Waals surface area contributed by atoms with Crippen LogP contribution >= 0.6 is 0 Å². The number of aliphatic hydroxyl groups is 1. The van der Waals surface area contributed by atoms with Crippen molar-refractivity contribution in [2.75, 3.05) is 12.3 Å². The van der Waals surface area contributed by atoms with E-state index >= 15 is 0 Å². The number of halogens is 3. The molecule has 0 spiro atoms. The van der Waals surface area contributed by atoms with Gasteiger partial charge in [0.1, 0.15) is 6.10 Å². The topological polar surface area (TPSA) is 85.7 Å². The first-order chi connectivity index (χ1) is 13.7. The van der Waals surface area contributed by atoms with Crippen LogP contribution in [-0.2, 0) is 0 Å². The van der Waals surface area contributed by atoms with E-state index in [1.54, 1.807) is 44.3 Å². The van der Waals surface area contributed by atoms with Crippen LogP contribution in [0.4, 0.5) is 19.1 Å². The quantitative estimate of drug-likeness (QED) is 0.590. The molecule has 3 rings (SSSR count). The predicted molar refractivity (Wildman–Crippen MR) is 103 cm³/mol. The van der Waals surface area contributed by atoms with Crippen molar-refractivity contribution in [2.24, 2.45) is 5.92 Å². The predicted octanol–water partition coefficient (Wildman–Crippen LogP) is 3.93. The molecule has 0 aliphatic rings. The van der Waals surface area contributed by atoms with Gasteiger partial charge in [-0.1, -0.05) is 26.0 Å². The normalized spacial score (nSPS) is 13.2. The zero-order chi connectivity index (χ0) is 21.2. The molecule has 3 N–H and O–H groups in total. The number of rotatable bonds is 8. The van der Waals surface area contributed by atoms with E-state index in [0.717, 1.165) is 0 Å². The summed E-state index contributed by atoms with van der Waals surface area (Å²) in [5.41, 5.74) is 6.76. The van der Waals surface area contributed by atoms with Crippen molar-refractivity contribution in [1.29, 1.82) is 0 Å². The molecule has 156 valence electrons. The molecule has 1 atom stereocenters. The molecule has 1 aromatic carbocycles. The second kappa shape index (κ2) is 8.28. The Morgan fingerprint density at radius 2 is 2.03 bits per heavy atom. The van der Waals surface area contributed by atoms with Crippen molar-refractivity contribution >= 4 is 11.6 Å². The van der Waals surface area contributed by atoms with Crippen LogP contribution in [0, 0.1) is 11.7 Å². The van der Waals surface area contributed by atoms with Crippen LogP contribution in [0.3, 0.4) is 0 Å². The molecule has 0 saturated carbocycles. The minimum absolute atomic E-state index is 0.0214. The molecule has 0 bridgehead atoms. The summed E-state index contributed by atoms with van der Waals surface area (Å²) in [4.78, 5) is 4.03. The van der Waals surface area contributed by atoms with Crippen LogP contribution < -0.4 is 10.5 Å². The SMILES string of the molecule is CC(C)C[C@H](O)C(F)(F)CCOc1cccc(-c2ccn3nc(N)nc3c2)c1F. The number of alkyl halides is 2. The Bertz CT molecular complexity index is 991. The number of aromatic nitrogens is 3. The minimum Gasteiger partial charge on any atom is -0.490 e. The second-order valence-corrected chi connectivity index (χ2v) is 7.31. The maximum atomic E-state index is 14.9. The molecule has 29 heavy (non-hydrogen) atoms. The molecule has 9 heteroatoms. The number of fused-ring (bicyclic) bond motifs is 1. The number of hydrogen-bond acceptors (Lipinski definition) is 5. The van der Waals surface area contributed by atoms with Crippen LogP contribution in [0.1, 0.15) is 26.7 Å². The largest absolute Gasteiger partial charge is 0.490 e. The maximum absolute atomic E-state index is 14.9. The van der Waals surface area contributed by atoms with Crippen molar-refractivity contribution in [3.05, 3.63) is 42.3 Å². The van der Waals surface area contributed by atoms with Crippen LogP contribution in [-0.4, -0.2) is 38.3 Å². The van der Waals surface area contributed by atoms with Gasteiger partial charge in [-0.25, -0.2) is 17.7 Å². The Hall–Kier alpha value is -2.81. The fraction of sp³-hybridized carbons (Fsp3) is 0.400. The summed E-state index contributed by atoms with van der Waals surface area (Å²) in [6.07, 6.45) is -0.899. The summed E-state index contributed by atoms with van der Waals surface area (Å²) in [7, 11) is 0. The summed E-state index contributed by atoms with van der Waals surface area (Å²) < 4.78 is 49.7. The van der Waals surface area contributed by atoms with Gasteiger partial charge in [0.05, 0.1) is 6.61 Å². The molecule has 0 amide bonds. The molecular formula is C20H23F3N4O2. The van der Waals surface area contributed by atoms with Crippen molar-refractivity contribution in [3.8, 4) is 16.9 Å². The smallest absolute Gasteiger partial charge is 0.276 e. The molecule has 2 heterocycles. The van der Waals surface area contributed by atoms with Gasteiger partial charge in [0.25, 0.3) is 5.92 Å². The van der Waals surface area contributed by atoms with Gasteiger partial charge in [0, 0.05) is 18.2 Å². The zero-order valence-electron chi connectivity index (χ0n) is 16.1. The average Bonchev–Trinajstić information content (AvgIpc) is 3.01. The summed E-state index contributed by atoms with van der Waals surface area (Å²) in [5, 5.41) is 13.6. The highest BCUT2D eigenvalue weighted by Crippen LogP contribution is 2.31. The number of nitrogens with two attached hydrogens (primary N) is 1. The molecule has 0 aliphatic heterocycles. The Balaban J connectivity index is 1.73. The Morgan fingerprint density at radius 1 is 1.28 bits per heavy atom. The lowest BCUT2D eigenvalue weighted by molar-refractivity contribution is -0.124. The Morgan fingerprint density at radius 3 is 2.76 bits per heavy atom. The summed E-state index contributed by atoms with van der Waals surface area (Å²) in [6, 6.07) is 7.74. The van der Waals surface area contributed by atoms with Crippen LogP contribution in [0.5, 0.6) is 5.75 Å². The minimum atomic E-state index is -3.31. The fourth-order valence-electron chi connectivity index (χ4n) is 2.99. The number of nitrogen functional groups attached to an aromatic ring is 1. The van der Waals surface area contributed by atoms with Crippen molar-refractivity contribution < 1.29 is 23.0 Å². The van der Waals surface area contributed by atoms with E-state index in [1.807, 2.05) is 0 Å². The van der Waals surface area contributed by atoms with E-state index in [9.17, 15) is 18.3 Å². The van der Waals surface area contributed by atoms with Gasteiger partial charge in [0.2, 0.25) is 5.95 Å². The van der Waals surface area contributed by atoms with Gasteiger partial charge in [-0.15, -0.1) is 5.10 Å². The van der Waals surface area contributed by atoms with Gasteiger partial charge in [-0.05, 0) is 36.1 Å². The molecule has 0 unspecified atom stereocenters. The van der Waals surface area contributed by atoms with Crippen molar-refractivity contribution in [1.82, 2.24) is 14.6 Å². The number of benzene rings is 1. The maximum Gasteiger partial charge on any atom is 0.276 e. The molecular weight excluding hydrogens is 385 g/mol. The second-order valence-electron chi connectivity index (χ2n) is 7.31. The van der Waals surface area contributed by atoms with E-state index in [4.69, 9.17) is 10.5 Å². The number of aliphatic hydroxyl groups excluding tert-OH is 1. The van der Waals surface area contributed by atoms with E-state index in [1.165, 1.54) is 10.6 Å². The zero-order valence-corrected chi connectivity index (χ0v) is 16.1. The molecule has 0 aliphatic carbocycles. The van der Waals surface area contributed by atoms with Gasteiger partial charge in [-0.2, -0.15) is 4.98 Å².